The number of aromatic nitrogens is 3. The van der Waals surface area contributed by atoms with Crippen molar-refractivity contribution in [3.8, 4) is 11.4 Å². The Morgan fingerprint density at radius 2 is 2.06 bits per heavy atom. The number of nitrogens with zero attached hydrogens (tertiary/aromatic N) is 3. The number of carbonyl (C=O) groups excluding carboxylic acids is 1. The average molecular weight is 227 g/mol. The van der Waals surface area contributed by atoms with Crippen LogP contribution in [0.15, 0.2) is 30.7 Å². The molecule has 3 rings (SSSR count). The Morgan fingerprint density at radius 3 is 2.88 bits per heavy atom. The molecule has 0 saturated carbocycles. The molecule has 6 nitrogen and oxygen atoms in total. The first-order valence-corrected chi connectivity index (χ1v) is 5.14. The summed E-state index contributed by atoms with van der Waals surface area (Å²) in [6, 6.07) is 3.67. The van der Waals surface area contributed by atoms with Gasteiger partial charge in [-0.1, -0.05) is 0 Å². The minimum Gasteiger partial charge on any atom is -0.359 e. The summed E-state index contributed by atoms with van der Waals surface area (Å²) in [7, 11) is 0. The molecule has 84 valence electrons. The van der Waals surface area contributed by atoms with Crippen LogP contribution in [0.2, 0.25) is 0 Å². The van der Waals surface area contributed by atoms with Crippen molar-refractivity contribution in [3.05, 3.63) is 30.7 Å². The molecule has 1 aliphatic rings. The van der Waals surface area contributed by atoms with E-state index in [0.717, 1.165) is 5.56 Å². The lowest BCUT2D eigenvalue weighted by Crippen LogP contribution is -2.28. The van der Waals surface area contributed by atoms with Crippen LogP contribution in [0.1, 0.15) is 0 Å². The van der Waals surface area contributed by atoms with E-state index >= 15 is 0 Å². The minimum absolute atomic E-state index is 0.0854. The highest BCUT2D eigenvalue weighted by Crippen LogP contribution is 2.24. The van der Waals surface area contributed by atoms with E-state index in [9.17, 15) is 4.79 Å². The molecule has 1 aliphatic heterocycles. The van der Waals surface area contributed by atoms with E-state index < -0.39 is 0 Å². The topological polar surface area (TPSA) is 79.8 Å². The van der Waals surface area contributed by atoms with Crippen molar-refractivity contribution < 1.29 is 4.79 Å². The average Bonchev–Trinajstić information content (AvgIpc) is 2.39. The largest absolute Gasteiger partial charge is 0.359 e. The molecular weight excluding hydrogens is 218 g/mol. The molecule has 0 unspecified atom stereocenters. The molecule has 0 saturated heterocycles. The van der Waals surface area contributed by atoms with Gasteiger partial charge < -0.3 is 10.6 Å². The summed E-state index contributed by atoms with van der Waals surface area (Å²) < 4.78 is 0. The van der Waals surface area contributed by atoms with Crippen molar-refractivity contribution in [3.63, 3.8) is 0 Å². The first kappa shape index (κ1) is 9.71. The van der Waals surface area contributed by atoms with Crippen LogP contribution in [0.4, 0.5) is 11.5 Å². The predicted octanol–water partition coefficient (Wildman–Crippen LogP) is 0.903. The van der Waals surface area contributed by atoms with Gasteiger partial charge in [-0.05, 0) is 12.1 Å². The molecule has 17 heavy (non-hydrogen) atoms. The summed E-state index contributed by atoms with van der Waals surface area (Å²) in [5, 5.41) is 5.64. The standard InChI is InChI=1S/C11H9N5O/c17-9-6-14-11-8(15-9)5-13-10(16-11)7-1-3-12-4-2-7/h1-5H,6H2,(H,15,17)(H,13,14,16). The van der Waals surface area contributed by atoms with Crippen LogP contribution in [0.25, 0.3) is 11.4 Å². The Labute approximate surface area is 97.1 Å². The number of pyridine rings is 1. The van der Waals surface area contributed by atoms with Gasteiger partial charge in [0.05, 0.1) is 12.7 Å². The van der Waals surface area contributed by atoms with Gasteiger partial charge in [-0.2, -0.15) is 0 Å². The highest BCUT2D eigenvalue weighted by molar-refractivity contribution is 5.99. The van der Waals surface area contributed by atoms with Gasteiger partial charge in [0, 0.05) is 18.0 Å². The lowest BCUT2D eigenvalue weighted by molar-refractivity contribution is -0.114. The van der Waals surface area contributed by atoms with Crippen LogP contribution < -0.4 is 10.6 Å². The van der Waals surface area contributed by atoms with Crippen molar-refractivity contribution >= 4 is 17.4 Å². The van der Waals surface area contributed by atoms with Crippen molar-refractivity contribution in [2.24, 2.45) is 0 Å². The number of fused-ring (bicyclic) bond motifs is 1. The number of hydrogen-bond acceptors (Lipinski definition) is 5. The summed E-state index contributed by atoms with van der Waals surface area (Å²) in [6.45, 7) is 0.236. The quantitative estimate of drug-likeness (QED) is 0.756. The molecule has 1 amide bonds. The monoisotopic (exact) mass is 227 g/mol. The number of amides is 1. The molecule has 2 aromatic heterocycles. The number of hydrogen-bond donors (Lipinski definition) is 2. The van der Waals surface area contributed by atoms with Crippen LogP contribution >= 0.6 is 0 Å². The number of rotatable bonds is 1. The third kappa shape index (κ3) is 1.80. The van der Waals surface area contributed by atoms with Gasteiger partial charge in [0.1, 0.15) is 5.69 Å². The SMILES string of the molecule is O=C1CNc2nc(-c3ccncc3)ncc2N1. The molecule has 0 aliphatic carbocycles. The molecule has 2 aromatic rings. The smallest absolute Gasteiger partial charge is 0.243 e. The molecule has 2 N–H and O–H groups in total. The molecule has 0 spiro atoms. The van der Waals surface area contributed by atoms with Gasteiger partial charge in [0.25, 0.3) is 0 Å². The molecule has 0 bridgehead atoms. The number of carbonyl (C=O) groups is 1. The summed E-state index contributed by atoms with van der Waals surface area (Å²) in [5.74, 6) is 1.17. The third-order valence-electron chi connectivity index (χ3n) is 2.42. The fraction of sp³-hybridized carbons (Fsp3) is 0.0909. The highest BCUT2D eigenvalue weighted by Gasteiger charge is 2.16. The van der Waals surface area contributed by atoms with E-state index in [1.54, 1.807) is 18.6 Å². The van der Waals surface area contributed by atoms with Crippen LogP contribution in [0.3, 0.4) is 0 Å². The van der Waals surface area contributed by atoms with Gasteiger partial charge in [0.15, 0.2) is 11.6 Å². The van der Waals surface area contributed by atoms with Crippen molar-refractivity contribution in [1.82, 2.24) is 15.0 Å². The molecule has 0 atom stereocenters. The molecule has 0 radical (unpaired) electrons. The van der Waals surface area contributed by atoms with Crippen molar-refractivity contribution in [1.29, 1.82) is 0 Å². The maximum atomic E-state index is 11.1. The van der Waals surface area contributed by atoms with E-state index in [4.69, 9.17) is 0 Å². The molecular formula is C11H9N5O. The zero-order valence-electron chi connectivity index (χ0n) is 8.84. The predicted molar refractivity (Wildman–Crippen MR) is 62.4 cm³/mol. The van der Waals surface area contributed by atoms with Gasteiger partial charge in [-0.25, -0.2) is 9.97 Å². The first-order chi connectivity index (χ1) is 8.33. The van der Waals surface area contributed by atoms with Gasteiger partial charge in [-0.15, -0.1) is 0 Å². The van der Waals surface area contributed by atoms with E-state index in [2.05, 4.69) is 25.6 Å². The van der Waals surface area contributed by atoms with Gasteiger partial charge >= 0.3 is 0 Å². The third-order valence-corrected chi connectivity index (χ3v) is 2.42. The fourth-order valence-corrected chi connectivity index (χ4v) is 1.61. The number of nitrogens with one attached hydrogen (secondary N) is 2. The summed E-state index contributed by atoms with van der Waals surface area (Å²) in [5.41, 5.74) is 1.50. The van der Waals surface area contributed by atoms with Crippen LogP contribution in [0, 0.1) is 0 Å². The van der Waals surface area contributed by atoms with Crippen molar-refractivity contribution in [2.75, 3.05) is 17.2 Å². The Kier molecular flexibility index (Phi) is 2.18. The molecule has 6 heteroatoms. The summed E-state index contributed by atoms with van der Waals surface area (Å²) in [6.07, 6.45) is 4.98. The van der Waals surface area contributed by atoms with E-state index in [1.807, 2.05) is 12.1 Å². The van der Waals surface area contributed by atoms with E-state index in [-0.39, 0.29) is 12.5 Å². The maximum absolute atomic E-state index is 11.1. The lowest BCUT2D eigenvalue weighted by Gasteiger charge is -2.17. The van der Waals surface area contributed by atoms with Crippen LogP contribution in [-0.2, 0) is 4.79 Å². The molecule has 0 aromatic carbocycles. The van der Waals surface area contributed by atoms with E-state index in [1.165, 1.54) is 0 Å². The second-order valence-corrected chi connectivity index (χ2v) is 3.59. The van der Waals surface area contributed by atoms with Crippen LogP contribution in [0.5, 0.6) is 0 Å². The molecule has 0 fully saturated rings. The van der Waals surface area contributed by atoms with E-state index in [0.29, 0.717) is 17.3 Å². The summed E-state index contributed by atoms with van der Waals surface area (Å²) >= 11 is 0. The normalized spacial score (nSPS) is 13.5. The Bertz CT molecular complexity index is 569. The Hall–Kier alpha value is -2.50. The van der Waals surface area contributed by atoms with Gasteiger partial charge in [0.2, 0.25) is 5.91 Å². The second kappa shape index (κ2) is 3.82. The zero-order valence-corrected chi connectivity index (χ0v) is 8.84. The fourth-order valence-electron chi connectivity index (χ4n) is 1.61. The Balaban J connectivity index is 2.02. The lowest BCUT2D eigenvalue weighted by atomic mass is 10.2. The minimum atomic E-state index is -0.0854. The second-order valence-electron chi connectivity index (χ2n) is 3.59. The summed E-state index contributed by atoms with van der Waals surface area (Å²) in [4.78, 5) is 23.6. The van der Waals surface area contributed by atoms with Crippen molar-refractivity contribution in [2.45, 2.75) is 0 Å². The molecule has 3 heterocycles. The highest BCUT2D eigenvalue weighted by atomic mass is 16.2. The number of anilines is 2. The first-order valence-electron chi connectivity index (χ1n) is 5.14. The maximum Gasteiger partial charge on any atom is 0.243 e. The zero-order chi connectivity index (χ0) is 11.7. The van der Waals surface area contributed by atoms with Crippen LogP contribution in [-0.4, -0.2) is 27.4 Å². The van der Waals surface area contributed by atoms with Gasteiger partial charge in [-0.3, -0.25) is 9.78 Å². The Morgan fingerprint density at radius 1 is 1.24 bits per heavy atom.